The minimum atomic E-state index is -1.58. The number of hydrogen-bond acceptors (Lipinski definition) is 3. The van der Waals surface area contributed by atoms with Gasteiger partial charge in [0.25, 0.3) is 0 Å². The summed E-state index contributed by atoms with van der Waals surface area (Å²) in [6.45, 7) is 2.20. The van der Waals surface area contributed by atoms with Crippen molar-refractivity contribution in [3.05, 3.63) is 59.4 Å². The molecule has 0 aliphatic carbocycles. The lowest BCUT2D eigenvalue weighted by Gasteiger charge is -2.10. The quantitative estimate of drug-likeness (QED) is 0.603. The van der Waals surface area contributed by atoms with E-state index in [1.165, 1.54) is 0 Å². The number of rotatable bonds is 7. The zero-order valence-corrected chi connectivity index (χ0v) is 13.0. The van der Waals surface area contributed by atoms with Gasteiger partial charge < -0.3 is 15.4 Å². The third-order valence-electron chi connectivity index (χ3n) is 3.16. The van der Waals surface area contributed by atoms with Crippen molar-refractivity contribution in [2.45, 2.75) is 6.92 Å². The summed E-state index contributed by atoms with van der Waals surface area (Å²) in [6, 6.07) is 9.30. The summed E-state index contributed by atoms with van der Waals surface area (Å²) in [7, 11) is 0. The van der Waals surface area contributed by atoms with Crippen LogP contribution in [0.25, 0.3) is 0 Å². The van der Waals surface area contributed by atoms with Gasteiger partial charge in [0, 0.05) is 0 Å². The molecule has 0 aromatic heterocycles. The van der Waals surface area contributed by atoms with Gasteiger partial charge in [-0.05, 0) is 36.8 Å². The first-order valence-electron chi connectivity index (χ1n) is 7.31. The molecule has 0 aliphatic heterocycles. The summed E-state index contributed by atoms with van der Waals surface area (Å²) >= 11 is 0. The monoisotopic (exact) mass is 338 g/mol. The van der Waals surface area contributed by atoms with Crippen LogP contribution in [0.3, 0.4) is 0 Å². The summed E-state index contributed by atoms with van der Waals surface area (Å²) in [5, 5.41) is 4.98. The number of benzene rings is 2. The van der Waals surface area contributed by atoms with Crippen LogP contribution in [0.2, 0.25) is 0 Å². The van der Waals surface area contributed by atoms with Crippen molar-refractivity contribution in [1.29, 1.82) is 0 Å². The van der Waals surface area contributed by atoms with Gasteiger partial charge in [0.05, 0.1) is 18.8 Å². The topological polar surface area (TPSA) is 50.4 Å². The molecule has 1 amide bonds. The van der Waals surface area contributed by atoms with Crippen LogP contribution in [0.4, 0.5) is 18.9 Å². The average Bonchev–Trinajstić information content (AvgIpc) is 2.56. The van der Waals surface area contributed by atoms with E-state index in [0.717, 1.165) is 17.7 Å². The Morgan fingerprint density at radius 1 is 1.12 bits per heavy atom. The molecule has 0 saturated carbocycles. The Labute approximate surface area is 137 Å². The maximum absolute atomic E-state index is 13.4. The molecule has 0 radical (unpaired) electrons. The summed E-state index contributed by atoms with van der Waals surface area (Å²) < 4.78 is 44.7. The number of nitrogens with one attached hydrogen (secondary N) is 2. The molecule has 4 nitrogen and oxygen atoms in total. The highest BCUT2D eigenvalue weighted by molar-refractivity contribution is 5.80. The highest BCUT2D eigenvalue weighted by Crippen LogP contribution is 2.19. The number of aryl methyl sites for hydroxylation is 1. The van der Waals surface area contributed by atoms with E-state index in [9.17, 15) is 18.0 Å². The van der Waals surface area contributed by atoms with Crippen molar-refractivity contribution in [1.82, 2.24) is 5.32 Å². The number of ether oxygens (including phenoxy) is 1. The summed E-state index contributed by atoms with van der Waals surface area (Å²) in [6.07, 6.45) is 0. The van der Waals surface area contributed by atoms with E-state index in [1.54, 1.807) is 0 Å². The number of halogens is 3. The number of amides is 1. The first-order valence-corrected chi connectivity index (χ1v) is 7.31. The zero-order chi connectivity index (χ0) is 17.5. The Bertz CT molecular complexity index is 723. The average molecular weight is 338 g/mol. The minimum Gasteiger partial charge on any atom is -0.492 e. The molecule has 24 heavy (non-hydrogen) atoms. The predicted molar refractivity (Wildman–Crippen MR) is 84.5 cm³/mol. The second-order valence-electron chi connectivity index (χ2n) is 5.09. The summed E-state index contributed by atoms with van der Waals surface area (Å²) in [5.74, 6) is -3.94. The van der Waals surface area contributed by atoms with Crippen molar-refractivity contribution in [3.8, 4) is 5.75 Å². The van der Waals surface area contributed by atoms with Crippen molar-refractivity contribution in [2.24, 2.45) is 0 Å². The molecule has 2 aromatic rings. The Balaban J connectivity index is 1.71. The highest BCUT2D eigenvalue weighted by atomic mass is 19.2. The van der Waals surface area contributed by atoms with Crippen molar-refractivity contribution in [2.75, 3.05) is 25.0 Å². The van der Waals surface area contributed by atoms with Crippen LogP contribution in [0.1, 0.15) is 5.56 Å². The lowest BCUT2D eigenvalue weighted by atomic mass is 10.2. The molecule has 0 atom stereocenters. The van der Waals surface area contributed by atoms with Gasteiger partial charge in [0.15, 0.2) is 17.5 Å². The maximum Gasteiger partial charge on any atom is 0.239 e. The van der Waals surface area contributed by atoms with Gasteiger partial charge in [-0.15, -0.1) is 0 Å². The van der Waals surface area contributed by atoms with Gasteiger partial charge in [-0.1, -0.05) is 12.1 Å². The van der Waals surface area contributed by atoms with E-state index in [1.807, 2.05) is 31.2 Å². The lowest BCUT2D eigenvalue weighted by molar-refractivity contribution is -0.119. The standard InChI is InChI=1S/C17H17F3N2O2/c1-11-3-2-4-12(9-11)24-8-7-21-15(23)10-22-14-6-5-13(18)16(19)17(14)20/h2-6,9,22H,7-8,10H2,1H3,(H,21,23). The van der Waals surface area contributed by atoms with Crippen LogP contribution >= 0.6 is 0 Å². The molecule has 0 bridgehead atoms. The van der Waals surface area contributed by atoms with E-state index >= 15 is 0 Å². The molecule has 0 aliphatic rings. The Hall–Kier alpha value is -2.70. The van der Waals surface area contributed by atoms with E-state index in [0.29, 0.717) is 5.75 Å². The fraction of sp³-hybridized carbons (Fsp3) is 0.235. The smallest absolute Gasteiger partial charge is 0.239 e. The van der Waals surface area contributed by atoms with Crippen molar-refractivity contribution in [3.63, 3.8) is 0 Å². The van der Waals surface area contributed by atoms with Crippen molar-refractivity contribution >= 4 is 11.6 Å². The normalized spacial score (nSPS) is 10.3. The first-order chi connectivity index (χ1) is 11.5. The van der Waals surface area contributed by atoms with Crippen LogP contribution in [-0.2, 0) is 4.79 Å². The molecule has 128 valence electrons. The van der Waals surface area contributed by atoms with Crippen LogP contribution in [0.5, 0.6) is 5.75 Å². The molecule has 0 heterocycles. The third kappa shape index (κ3) is 4.91. The molecule has 0 spiro atoms. The number of carbonyl (C=O) groups excluding carboxylic acids is 1. The Morgan fingerprint density at radius 2 is 1.92 bits per heavy atom. The number of anilines is 1. The summed E-state index contributed by atoms with van der Waals surface area (Å²) in [4.78, 5) is 11.6. The highest BCUT2D eigenvalue weighted by Gasteiger charge is 2.13. The molecule has 2 N–H and O–H groups in total. The van der Waals surface area contributed by atoms with Crippen LogP contribution in [0.15, 0.2) is 36.4 Å². The van der Waals surface area contributed by atoms with Crippen molar-refractivity contribution < 1.29 is 22.7 Å². The lowest BCUT2D eigenvalue weighted by Crippen LogP contribution is -2.33. The molecule has 7 heteroatoms. The molecule has 2 rings (SSSR count). The summed E-state index contributed by atoms with van der Waals surface area (Å²) in [5.41, 5.74) is 0.786. The van der Waals surface area contributed by atoms with E-state index in [4.69, 9.17) is 4.74 Å². The second kappa shape index (κ2) is 8.24. The van der Waals surface area contributed by atoms with Crippen LogP contribution in [-0.4, -0.2) is 25.6 Å². The molecule has 0 saturated heterocycles. The van der Waals surface area contributed by atoms with Gasteiger partial charge in [-0.2, -0.15) is 0 Å². The molecule has 0 fully saturated rings. The fourth-order valence-electron chi connectivity index (χ4n) is 1.96. The van der Waals surface area contributed by atoms with Gasteiger partial charge >= 0.3 is 0 Å². The van der Waals surface area contributed by atoms with E-state index in [2.05, 4.69) is 10.6 Å². The Kier molecular flexibility index (Phi) is 6.06. The molecule has 2 aromatic carbocycles. The van der Waals surface area contributed by atoms with Gasteiger partial charge in [0.1, 0.15) is 12.4 Å². The van der Waals surface area contributed by atoms with E-state index in [-0.39, 0.29) is 25.4 Å². The molecular formula is C17H17F3N2O2. The largest absolute Gasteiger partial charge is 0.492 e. The predicted octanol–water partition coefficient (Wildman–Crippen LogP) is 3.02. The van der Waals surface area contributed by atoms with Crippen LogP contribution < -0.4 is 15.4 Å². The van der Waals surface area contributed by atoms with Gasteiger partial charge in [-0.25, -0.2) is 13.2 Å². The first kappa shape index (κ1) is 17.7. The fourth-order valence-corrected chi connectivity index (χ4v) is 1.96. The minimum absolute atomic E-state index is 0.259. The second-order valence-corrected chi connectivity index (χ2v) is 5.09. The van der Waals surface area contributed by atoms with Gasteiger partial charge in [0.2, 0.25) is 5.91 Å². The maximum atomic E-state index is 13.4. The third-order valence-corrected chi connectivity index (χ3v) is 3.16. The zero-order valence-electron chi connectivity index (χ0n) is 13.0. The SMILES string of the molecule is Cc1cccc(OCCNC(=O)CNc2ccc(F)c(F)c2F)c1. The number of carbonyl (C=O) groups is 1. The molecule has 0 unspecified atom stereocenters. The Morgan fingerprint density at radius 3 is 2.67 bits per heavy atom. The van der Waals surface area contributed by atoms with Crippen LogP contribution in [0, 0.1) is 24.4 Å². The van der Waals surface area contributed by atoms with Gasteiger partial charge in [-0.3, -0.25) is 4.79 Å². The molecular weight excluding hydrogens is 321 g/mol. The van der Waals surface area contributed by atoms with E-state index < -0.39 is 23.4 Å². The number of hydrogen-bond donors (Lipinski definition) is 2.